The average molecular weight is 522 g/mol. The van der Waals surface area contributed by atoms with E-state index in [2.05, 4.69) is 10.2 Å². The van der Waals surface area contributed by atoms with E-state index in [1.807, 2.05) is 37.4 Å². The van der Waals surface area contributed by atoms with Crippen LogP contribution in [0.1, 0.15) is 27.5 Å². The molecule has 6 nitrogen and oxygen atoms in total. The highest BCUT2D eigenvalue weighted by Crippen LogP contribution is 2.46. The predicted octanol–water partition coefficient (Wildman–Crippen LogP) is 5.52. The fourth-order valence-electron chi connectivity index (χ4n) is 5.41. The number of alkyl halides is 4. The third-order valence-corrected chi connectivity index (χ3v) is 7.16. The number of benzene rings is 3. The minimum absolute atomic E-state index is 0.0204. The minimum atomic E-state index is -4.63. The van der Waals surface area contributed by atoms with Gasteiger partial charge in [0, 0.05) is 49.1 Å². The summed E-state index contributed by atoms with van der Waals surface area (Å²) in [6.45, 7) is 0.367. The summed E-state index contributed by atoms with van der Waals surface area (Å²) in [7, 11) is 1.84. The van der Waals surface area contributed by atoms with Gasteiger partial charge in [-0.2, -0.15) is 13.2 Å². The van der Waals surface area contributed by atoms with Gasteiger partial charge in [-0.1, -0.05) is 42.5 Å². The van der Waals surface area contributed by atoms with Crippen molar-refractivity contribution in [3.8, 4) is 22.5 Å². The molecule has 1 saturated heterocycles. The lowest BCUT2D eigenvalue weighted by atomic mass is 9.96. The third-order valence-electron chi connectivity index (χ3n) is 7.16. The SMILES string of the molecule is Cn1cnnc1-c1ccccc1-c1cccc(N2C(=O)c3cccc(C(F)(F)F)c3C2CN2CC(F)C2)c1. The molecule has 10 heteroatoms. The van der Waals surface area contributed by atoms with Crippen molar-refractivity contribution in [1.29, 1.82) is 0 Å². The Labute approximate surface area is 216 Å². The summed E-state index contributed by atoms with van der Waals surface area (Å²) in [6.07, 6.45) is -4.05. The van der Waals surface area contributed by atoms with Crippen LogP contribution in [-0.2, 0) is 13.2 Å². The van der Waals surface area contributed by atoms with Gasteiger partial charge in [-0.15, -0.1) is 10.2 Å². The summed E-state index contributed by atoms with van der Waals surface area (Å²) in [5, 5.41) is 8.18. The molecule has 6 rings (SSSR count). The molecule has 4 aromatic rings. The number of amides is 1. The summed E-state index contributed by atoms with van der Waals surface area (Å²) in [6, 6.07) is 17.6. The van der Waals surface area contributed by atoms with E-state index in [4.69, 9.17) is 0 Å². The molecule has 2 aliphatic heterocycles. The second-order valence-electron chi connectivity index (χ2n) is 9.63. The van der Waals surface area contributed by atoms with Crippen molar-refractivity contribution in [2.75, 3.05) is 24.5 Å². The topological polar surface area (TPSA) is 54.3 Å². The monoisotopic (exact) mass is 521 g/mol. The van der Waals surface area contributed by atoms with Crippen LogP contribution in [0.2, 0.25) is 0 Å². The van der Waals surface area contributed by atoms with Crippen molar-refractivity contribution >= 4 is 11.6 Å². The first-order chi connectivity index (χ1) is 18.2. The molecule has 194 valence electrons. The van der Waals surface area contributed by atoms with Gasteiger partial charge >= 0.3 is 6.18 Å². The number of rotatable bonds is 5. The summed E-state index contributed by atoms with van der Waals surface area (Å²) >= 11 is 0. The first-order valence-corrected chi connectivity index (χ1v) is 12.2. The number of nitrogens with zero attached hydrogens (tertiary/aromatic N) is 5. The number of hydrogen-bond acceptors (Lipinski definition) is 4. The van der Waals surface area contributed by atoms with E-state index in [1.165, 1.54) is 17.0 Å². The van der Waals surface area contributed by atoms with Gasteiger partial charge in [0.05, 0.1) is 11.6 Å². The molecule has 0 radical (unpaired) electrons. The quantitative estimate of drug-likeness (QED) is 0.325. The Kier molecular flexibility index (Phi) is 5.79. The Bertz CT molecular complexity index is 1530. The van der Waals surface area contributed by atoms with Gasteiger partial charge in [0.2, 0.25) is 0 Å². The summed E-state index contributed by atoms with van der Waals surface area (Å²) in [5.74, 6) is 0.147. The molecule has 0 N–H and O–H groups in total. The van der Waals surface area contributed by atoms with Crippen LogP contribution in [0, 0.1) is 0 Å². The Morgan fingerprint density at radius 2 is 1.66 bits per heavy atom. The summed E-state index contributed by atoms with van der Waals surface area (Å²) in [4.78, 5) is 16.8. The van der Waals surface area contributed by atoms with E-state index in [0.717, 1.165) is 22.8 Å². The zero-order valence-corrected chi connectivity index (χ0v) is 20.4. The highest BCUT2D eigenvalue weighted by Gasteiger charge is 2.46. The van der Waals surface area contributed by atoms with Gasteiger partial charge in [0.15, 0.2) is 5.82 Å². The highest BCUT2D eigenvalue weighted by atomic mass is 19.4. The first kappa shape index (κ1) is 24.3. The van der Waals surface area contributed by atoms with E-state index >= 15 is 0 Å². The number of anilines is 1. The molecule has 0 bridgehead atoms. The highest BCUT2D eigenvalue weighted by molar-refractivity contribution is 6.11. The van der Waals surface area contributed by atoms with E-state index in [1.54, 1.807) is 34.0 Å². The van der Waals surface area contributed by atoms with Crippen molar-refractivity contribution in [1.82, 2.24) is 19.7 Å². The van der Waals surface area contributed by atoms with Crippen LogP contribution in [0.15, 0.2) is 73.1 Å². The first-order valence-electron chi connectivity index (χ1n) is 12.2. The molecule has 1 atom stereocenters. The normalized spacial score (nSPS) is 18.1. The second-order valence-corrected chi connectivity index (χ2v) is 9.63. The van der Waals surface area contributed by atoms with Crippen LogP contribution in [0.5, 0.6) is 0 Å². The van der Waals surface area contributed by atoms with Crippen molar-refractivity contribution in [3.05, 3.63) is 89.7 Å². The molecule has 3 heterocycles. The molecule has 0 aliphatic carbocycles. The number of carbonyl (C=O) groups is 1. The number of aromatic nitrogens is 3. The van der Waals surface area contributed by atoms with Crippen LogP contribution < -0.4 is 4.90 Å². The van der Waals surface area contributed by atoms with Gasteiger partial charge in [-0.3, -0.25) is 14.6 Å². The van der Waals surface area contributed by atoms with E-state index in [-0.39, 0.29) is 30.8 Å². The lowest BCUT2D eigenvalue weighted by Gasteiger charge is -2.38. The fourth-order valence-corrected chi connectivity index (χ4v) is 5.41. The van der Waals surface area contributed by atoms with Crippen molar-refractivity contribution < 1.29 is 22.4 Å². The summed E-state index contributed by atoms with van der Waals surface area (Å²) < 4.78 is 57.6. The van der Waals surface area contributed by atoms with Gasteiger partial charge in [-0.25, -0.2) is 4.39 Å². The summed E-state index contributed by atoms with van der Waals surface area (Å²) in [5.41, 5.74) is 2.02. The van der Waals surface area contributed by atoms with E-state index < -0.39 is 29.9 Å². The molecule has 1 aromatic heterocycles. The van der Waals surface area contributed by atoms with E-state index in [0.29, 0.717) is 11.5 Å². The van der Waals surface area contributed by atoms with Crippen LogP contribution in [0.3, 0.4) is 0 Å². The molecule has 1 fully saturated rings. The third kappa shape index (κ3) is 4.05. The predicted molar refractivity (Wildman–Crippen MR) is 134 cm³/mol. The van der Waals surface area contributed by atoms with Crippen molar-refractivity contribution in [2.24, 2.45) is 7.05 Å². The lowest BCUT2D eigenvalue weighted by Crippen LogP contribution is -2.51. The fraction of sp³-hybridized carbons (Fsp3) is 0.250. The van der Waals surface area contributed by atoms with Crippen LogP contribution >= 0.6 is 0 Å². The lowest BCUT2D eigenvalue weighted by molar-refractivity contribution is -0.138. The molecular formula is C28H23F4N5O. The molecule has 1 amide bonds. The maximum absolute atomic E-state index is 14.0. The van der Waals surface area contributed by atoms with Crippen LogP contribution in [-0.4, -0.2) is 51.4 Å². The molecular weight excluding hydrogens is 498 g/mol. The number of hydrogen-bond donors (Lipinski definition) is 0. The van der Waals surface area contributed by atoms with Gasteiger partial charge in [-0.05, 0) is 35.4 Å². The smallest absolute Gasteiger partial charge is 0.317 e. The van der Waals surface area contributed by atoms with Crippen LogP contribution in [0.25, 0.3) is 22.5 Å². The Morgan fingerprint density at radius 3 is 2.34 bits per heavy atom. The number of aryl methyl sites for hydroxylation is 1. The standard InChI is InChI=1S/C28H23F4N5O/c1-35-16-33-34-26(35)21-9-3-2-8-20(21)17-6-4-7-19(12-17)37-24(15-36-13-18(29)14-36)25-22(27(37)38)10-5-11-23(25)28(30,31)32/h2-12,16,18,24H,13-15H2,1H3. The maximum Gasteiger partial charge on any atom is 0.416 e. The number of carbonyl (C=O) groups excluding carboxylic acids is 1. The maximum atomic E-state index is 14.0. The van der Waals surface area contributed by atoms with Gasteiger partial charge in [0.1, 0.15) is 12.5 Å². The second kappa shape index (κ2) is 9.05. The molecule has 2 aliphatic rings. The zero-order chi connectivity index (χ0) is 26.6. The van der Waals surface area contributed by atoms with Crippen molar-refractivity contribution in [2.45, 2.75) is 18.4 Å². The molecule has 1 unspecified atom stereocenters. The van der Waals surface area contributed by atoms with Gasteiger partial charge in [0.25, 0.3) is 5.91 Å². The minimum Gasteiger partial charge on any atom is -0.317 e. The Balaban J connectivity index is 1.45. The number of fused-ring (bicyclic) bond motifs is 1. The van der Waals surface area contributed by atoms with Crippen molar-refractivity contribution in [3.63, 3.8) is 0 Å². The Morgan fingerprint density at radius 1 is 0.947 bits per heavy atom. The molecule has 0 spiro atoms. The van der Waals surface area contributed by atoms with E-state index in [9.17, 15) is 22.4 Å². The molecule has 0 saturated carbocycles. The molecule has 38 heavy (non-hydrogen) atoms. The zero-order valence-electron chi connectivity index (χ0n) is 20.4. The number of halogens is 4. The largest absolute Gasteiger partial charge is 0.416 e. The molecule has 3 aromatic carbocycles. The van der Waals surface area contributed by atoms with Crippen LogP contribution in [0.4, 0.5) is 23.2 Å². The average Bonchev–Trinajstić information content (AvgIpc) is 3.43. The number of likely N-dealkylation sites (tertiary alicyclic amines) is 1. The Hall–Kier alpha value is -4.05. The van der Waals surface area contributed by atoms with Gasteiger partial charge < -0.3 is 4.57 Å².